The summed E-state index contributed by atoms with van der Waals surface area (Å²) in [5.41, 5.74) is 3.37. The zero-order chi connectivity index (χ0) is 24.0. The maximum atomic E-state index is 12.8. The van der Waals surface area contributed by atoms with Crippen molar-refractivity contribution < 1.29 is 21.6 Å². The van der Waals surface area contributed by atoms with Gasteiger partial charge in [0.1, 0.15) is 17.0 Å². The smallest absolute Gasteiger partial charge is 0.335 e. The van der Waals surface area contributed by atoms with Gasteiger partial charge in [0.2, 0.25) is 10.0 Å². The number of aryl methyl sites for hydroxylation is 1. The Morgan fingerprint density at radius 2 is 1.91 bits per heavy atom. The molecule has 3 aromatic rings. The van der Waals surface area contributed by atoms with Crippen LogP contribution in [0.25, 0.3) is 22.3 Å². The van der Waals surface area contributed by atoms with Gasteiger partial charge in [0.05, 0.1) is 22.5 Å². The van der Waals surface area contributed by atoms with Crippen LogP contribution in [0.2, 0.25) is 0 Å². The molecule has 1 aromatic carbocycles. The van der Waals surface area contributed by atoms with Gasteiger partial charge in [-0.25, -0.2) is 8.42 Å². The zero-order valence-corrected chi connectivity index (χ0v) is 19.0. The number of nitriles is 1. The molecule has 0 saturated heterocycles. The second-order valence-electron chi connectivity index (χ2n) is 8.43. The third kappa shape index (κ3) is 4.35. The van der Waals surface area contributed by atoms with Gasteiger partial charge in [-0.3, -0.25) is 4.98 Å². The van der Waals surface area contributed by atoms with Crippen LogP contribution < -0.4 is 4.72 Å². The maximum absolute atomic E-state index is 12.8. The molecule has 1 fully saturated rings. The summed E-state index contributed by atoms with van der Waals surface area (Å²) < 4.78 is 67.0. The molecule has 33 heavy (non-hydrogen) atoms. The van der Waals surface area contributed by atoms with Gasteiger partial charge >= 0.3 is 6.18 Å². The Labute approximate surface area is 190 Å². The molecule has 10 heteroatoms. The summed E-state index contributed by atoms with van der Waals surface area (Å²) in [7, 11) is -4.42. The molecule has 0 bridgehead atoms. The topological polar surface area (TPSA) is 87.8 Å². The highest BCUT2D eigenvalue weighted by molar-refractivity contribution is 7.89. The Morgan fingerprint density at radius 3 is 2.48 bits per heavy atom. The average Bonchev–Trinajstić information content (AvgIpc) is 3.38. The molecule has 0 spiro atoms. The zero-order valence-electron chi connectivity index (χ0n) is 18.1. The number of hydrogen-bond acceptors (Lipinski definition) is 4. The number of aromatic nitrogens is 2. The summed E-state index contributed by atoms with van der Waals surface area (Å²) in [6.07, 6.45) is 0.394. The first kappa shape index (κ1) is 23.3. The summed E-state index contributed by atoms with van der Waals surface area (Å²) >= 11 is 0. The molecule has 1 aliphatic carbocycles. The highest BCUT2D eigenvalue weighted by atomic mass is 32.2. The van der Waals surface area contributed by atoms with Crippen molar-refractivity contribution in [1.82, 2.24) is 14.3 Å². The van der Waals surface area contributed by atoms with Crippen molar-refractivity contribution in [3.05, 3.63) is 47.7 Å². The fourth-order valence-electron chi connectivity index (χ4n) is 4.38. The van der Waals surface area contributed by atoms with Gasteiger partial charge in [-0.15, -0.1) is 0 Å². The van der Waals surface area contributed by atoms with Gasteiger partial charge < -0.3 is 4.57 Å². The Bertz CT molecular complexity index is 1330. The van der Waals surface area contributed by atoms with Crippen LogP contribution in [0.4, 0.5) is 13.2 Å². The van der Waals surface area contributed by atoms with Crippen LogP contribution in [-0.2, 0) is 10.0 Å². The molecule has 1 unspecified atom stereocenters. The van der Waals surface area contributed by atoms with Gasteiger partial charge in [0.25, 0.3) is 0 Å². The van der Waals surface area contributed by atoms with Crippen molar-refractivity contribution in [2.45, 2.75) is 62.7 Å². The largest absolute Gasteiger partial charge is 0.404 e. The van der Waals surface area contributed by atoms with Crippen molar-refractivity contribution in [3.8, 4) is 17.5 Å². The van der Waals surface area contributed by atoms with Gasteiger partial charge in [0.15, 0.2) is 0 Å². The number of alkyl halides is 3. The first-order chi connectivity index (χ1) is 15.5. The fourth-order valence-corrected chi connectivity index (χ4v) is 5.56. The van der Waals surface area contributed by atoms with E-state index in [0.717, 1.165) is 55.3 Å². The number of nitrogens with zero attached hydrogens (tertiary/aromatic N) is 3. The van der Waals surface area contributed by atoms with E-state index in [2.05, 4.69) is 15.6 Å². The molecule has 1 N–H and O–H groups in total. The molecule has 4 rings (SSSR count). The second-order valence-corrected chi connectivity index (χ2v) is 10.1. The van der Waals surface area contributed by atoms with Crippen LogP contribution in [0.1, 0.15) is 49.8 Å². The van der Waals surface area contributed by atoms with E-state index in [1.54, 1.807) is 4.72 Å². The van der Waals surface area contributed by atoms with Crippen molar-refractivity contribution >= 4 is 20.9 Å². The van der Waals surface area contributed by atoms with E-state index in [9.17, 15) is 26.9 Å². The van der Waals surface area contributed by atoms with E-state index < -0.39 is 22.2 Å². The minimum absolute atomic E-state index is 0.187. The summed E-state index contributed by atoms with van der Waals surface area (Å²) in [4.78, 5) is 3.90. The van der Waals surface area contributed by atoms with Crippen LogP contribution in [-0.4, -0.2) is 30.2 Å². The molecule has 1 saturated carbocycles. The van der Waals surface area contributed by atoms with Gasteiger partial charge in [-0.05, 0) is 51.0 Å². The molecule has 174 valence electrons. The van der Waals surface area contributed by atoms with Gasteiger partial charge in [-0.1, -0.05) is 24.5 Å². The number of nitrogens with one attached hydrogen (secondary N) is 1. The molecular formula is C23H23F3N4O2S. The van der Waals surface area contributed by atoms with Crippen LogP contribution in [0.3, 0.4) is 0 Å². The Morgan fingerprint density at radius 1 is 1.21 bits per heavy atom. The van der Waals surface area contributed by atoms with Crippen LogP contribution in [0.15, 0.2) is 41.4 Å². The van der Waals surface area contributed by atoms with E-state index in [1.807, 2.05) is 25.1 Å². The fraction of sp³-hybridized carbons (Fsp3) is 0.391. The quantitative estimate of drug-likeness (QED) is 0.546. The molecule has 0 radical (unpaired) electrons. The summed E-state index contributed by atoms with van der Waals surface area (Å²) in [6, 6.07) is 8.80. The minimum atomic E-state index is -4.71. The number of rotatable bonds is 5. The Hall–Kier alpha value is -2.90. The summed E-state index contributed by atoms with van der Waals surface area (Å²) in [5, 5.41) is 10.8. The van der Waals surface area contributed by atoms with Crippen molar-refractivity contribution in [2.24, 2.45) is 0 Å². The monoisotopic (exact) mass is 476 g/mol. The van der Waals surface area contributed by atoms with Crippen LogP contribution in [0, 0.1) is 18.3 Å². The second kappa shape index (κ2) is 8.47. The molecule has 0 aliphatic heterocycles. The minimum Gasteiger partial charge on any atom is -0.335 e. The normalized spacial score (nSPS) is 16.2. The first-order valence-electron chi connectivity index (χ1n) is 10.6. The Balaban J connectivity index is 1.81. The van der Waals surface area contributed by atoms with Gasteiger partial charge in [0, 0.05) is 17.6 Å². The summed E-state index contributed by atoms with van der Waals surface area (Å²) in [5.74, 6) is 0. The molecule has 6 nitrogen and oxygen atoms in total. The van der Waals surface area contributed by atoms with Crippen molar-refractivity contribution in [2.75, 3.05) is 0 Å². The third-order valence-corrected chi connectivity index (χ3v) is 7.60. The number of benzene rings is 1. The standard InChI is InChI=1S/C23H23F3N4O2S/c1-14-7-10-21-18(11-14)19(12-27)22(30(21)16-5-3-4-6-16)20-9-8-17(13-28-20)33(31,32)29-15(2)23(24,25)26/h7-11,13,15-16,29H,3-6H2,1-2H3. The average molecular weight is 477 g/mol. The van der Waals surface area contributed by atoms with Crippen molar-refractivity contribution in [1.29, 1.82) is 5.26 Å². The van der Waals surface area contributed by atoms with E-state index >= 15 is 0 Å². The van der Waals surface area contributed by atoms with Crippen molar-refractivity contribution in [3.63, 3.8) is 0 Å². The highest BCUT2D eigenvalue weighted by Gasteiger charge is 2.39. The van der Waals surface area contributed by atoms with E-state index in [1.165, 1.54) is 12.1 Å². The first-order valence-corrected chi connectivity index (χ1v) is 12.1. The SMILES string of the molecule is Cc1ccc2c(c1)c(C#N)c(-c1ccc(S(=O)(=O)NC(C)C(F)(F)F)cn1)n2C1CCCC1. The number of sulfonamides is 1. The lowest BCUT2D eigenvalue weighted by atomic mass is 10.1. The maximum Gasteiger partial charge on any atom is 0.404 e. The lowest BCUT2D eigenvalue weighted by Crippen LogP contribution is -2.42. The molecule has 2 aromatic heterocycles. The number of pyridine rings is 1. The molecular weight excluding hydrogens is 453 g/mol. The predicted molar refractivity (Wildman–Crippen MR) is 118 cm³/mol. The predicted octanol–water partition coefficient (Wildman–Crippen LogP) is 5.23. The lowest BCUT2D eigenvalue weighted by molar-refractivity contribution is -0.147. The number of fused-ring (bicyclic) bond motifs is 1. The molecule has 2 heterocycles. The summed E-state index contributed by atoms with van der Waals surface area (Å²) in [6.45, 7) is 2.68. The third-order valence-electron chi connectivity index (χ3n) is 6.07. The number of hydrogen-bond donors (Lipinski definition) is 1. The molecule has 1 aliphatic rings. The van der Waals surface area contributed by atoms with Gasteiger partial charge in [-0.2, -0.15) is 23.2 Å². The van der Waals surface area contributed by atoms with E-state index in [0.29, 0.717) is 17.0 Å². The molecule has 1 atom stereocenters. The van der Waals surface area contributed by atoms with Crippen LogP contribution in [0.5, 0.6) is 0 Å². The van der Waals surface area contributed by atoms with E-state index in [-0.39, 0.29) is 10.9 Å². The molecule has 0 amide bonds. The van der Waals surface area contributed by atoms with E-state index in [4.69, 9.17) is 0 Å². The van der Waals surface area contributed by atoms with Crippen LogP contribution >= 0.6 is 0 Å². The lowest BCUT2D eigenvalue weighted by Gasteiger charge is -2.19. The Kier molecular flexibility index (Phi) is 5.97. The highest BCUT2D eigenvalue weighted by Crippen LogP contribution is 2.41. The number of halogens is 3.